The third-order valence-corrected chi connectivity index (χ3v) is 7.32. The Morgan fingerprint density at radius 2 is 1.47 bits per heavy atom. The predicted molar refractivity (Wildman–Crippen MR) is 153 cm³/mol. The van der Waals surface area contributed by atoms with E-state index in [1.54, 1.807) is 31.2 Å². The van der Waals surface area contributed by atoms with Gasteiger partial charge in [0.1, 0.15) is 24.1 Å². The molecule has 0 aliphatic rings. The van der Waals surface area contributed by atoms with Gasteiger partial charge < -0.3 is 15.0 Å². The third-order valence-electron chi connectivity index (χ3n) is 5.65. The number of halogens is 1. The molecule has 0 radical (unpaired) electrons. The van der Waals surface area contributed by atoms with E-state index in [-0.39, 0.29) is 18.5 Å². The highest BCUT2D eigenvalue weighted by molar-refractivity contribution is 9.10. The maximum Gasteiger partial charge on any atom is 0.244 e. The van der Waals surface area contributed by atoms with Gasteiger partial charge in [0, 0.05) is 17.1 Å². The van der Waals surface area contributed by atoms with Gasteiger partial charge in [0.25, 0.3) is 0 Å². The zero-order valence-electron chi connectivity index (χ0n) is 21.8. The molecule has 3 aromatic rings. The molecule has 0 bridgehead atoms. The largest absolute Gasteiger partial charge is 0.457 e. The van der Waals surface area contributed by atoms with Crippen LogP contribution in [0.15, 0.2) is 83.3 Å². The van der Waals surface area contributed by atoms with E-state index in [4.69, 9.17) is 4.74 Å². The molecule has 8 nitrogen and oxygen atoms in total. The lowest BCUT2D eigenvalue weighted by Crippen LogP contribution is -2.52. The van der Waals surface area contributed by atoms with Gasteiger partial charge in [0.2, 0.25) is 21.8 Å². The second-order valence-corrected chi connectivity index (χ2v) is 12.0. The highest BCUT2D eigenvalue weighted by atomic mass is 79.9. The summed E-state index contributed by atoms with van der Waals surface area (Å²) in [6.07, 6.45) is 1.04. The van der Waals surface area contributed by atoms with Gasteiger partial charge in [-0.3, -0.25) is 13.9 Å². The zero-order chi connectivity index (χ0) is 27.9. The molecule has 1 atom stereocenters. The average molecular weight is 603 g/mol. The number of hydrogen-bond donors (Lipinski definition) is 1. The van der Waals surface area contributed by atoms with Crippen LogP contribution in [-0.2, 0) is 26.2 Å². The Bertz CT molecular complexity index is 1330. The predicted octanol–water partition coefficient (Wildman–Crippen LogP) is 4.95. The van der Waals surface area contributed by atoms with E-state index in [0.717, 1.165) is 20.6 Å². The van der Waals surface area contributed by atoms with Crippen molar-refractivity contribution in [3.05, 3.63) is 88.9 Å². The van der Waals surface area contributed by atoms with Crippen LogP contribution in [0, 0.1) is 0 Å². The van der Waals surface area contributed by atoms with Crippen molar-refractivity contribution in [1.82, 2.24) is 10.2 Å². The number of ether oxygens (including phenoxy) is 1. The highest BCUT2D eigenvalue weighted by Gasteiger charge is 2.30. The molecular formula is C28H32BrN3O5S. The number of hydrogen-bond acceptors (Lipinski definition) is 5. The minimum Gasteiger partial charge on any atom is -0.457 e. The zero-order valence-corrected chi connectivity index (χ0v) is 24.2. The number of benzene rings is 3. The van der Waals surface area contributed by atoms with Gasteiger partial charge in [-0.15, -0.1) is 0 Å². The number of para-hydroxylation sites is 1. The lowest BCUT2D eigenvalue weighted by molar-refractivity contribution is -0.139. The molecule has 202 valence electrons. The van der Waals surface area contributed by atoms with Crippen molar-refractivity contribution in [2.45, 2.75) is 39.4 Å². The fourth-order valence-electron chi connectivity index (χ4n) is 3.69. The summed E-state index contributed by atoms with van der Waals surface area (Å²) in [5.74, 6) is 0.344. The molecule has 0 saturated heterocycles. The van der Waals surface area contributed by atoms with Crippen molar-refractivity contribution in [2.75, 3.05) is 17.1 Å². The van der Waals surface area contributed by atoms with Gasteiger partial charge in [-0.1, -0.05) is 46.3 Å². The molecule has 1 N–H and O–H groups in total. The summed E-state index contributed by atoms with van der Waals surface area (Å²) in [5, 5.41) is 2.83. The first-order chi connectivity index (χ1) is 17.9. The van der Waals surface area contributed by atoms with Gasteiger partial charge >= 0.3 is 0 Å². The maximum absolute atomic E-state index is 13.6. The molecule has 0 aliphatic carbocycles. The summed E-state index contributed by atoms with van der Waals surface area (Å²) in [6, 6.07) is 22.1. The van der Waals surface area contributed by atoms with Crippen molar-refractivity contribution in [1.29, 1.82) is 0 Å². The topological polar surface area (TPSA) is 96.0 Å². The number of carbonyl (C=O) groups excluding carboxylic acids is 2. The first kappa shape index (κ1) is 29.2. The molecule has 10 heteroatoms. The number of anilines is 1. The van der Waals surface area contributed by atoms with Crippen LogP contribution in [0.3, 0.4) is 0 Å². The molecule has 3 rings (SSSR count). The fraction of sp³-hybridized carbons (Fsp3) is 0.286. The van der Waals surface area contributed by atoms with Crippen molar-refractivity contribution in [3.8, 4) is 11.5 Å². The van der Waals surface area contributed by atoms with E-state index in [9.17, 15) is 18.0 Å². The SMILES string of the molecule is CC(C)NC(=O)[C@H](C)N(Cc1ccc(Br)cc1)C(=O)CN(c1ccc(Oc2ccccc2)cc1)S(C)(=O)=O. The number of nitrogens with one attached hydrogen (secondary N) is 1. The van der Waals surface area contributed by atoms with E-state index in [0.29, 0.717) is 17.2 Å². The third kappa shape index (κ3) is 8.32. The Balaban J connectivity index is 1.85. The van der Waals surface area contributed by atoms with Crippen LogP contribution >= 0.6 is 15.9 Å². The lowest BCUT2D eigenvalue weighted by Gasteiger charge is -2.32. The van der Waals surface area contributed by atoms with Crippen molar-refractivity contribution >= 4 is 43.5 Å². The van der Waals surface area contributed by atoms with Crippen molar-refractivity contribution < 1.29 is 22.7 Å². The summed E-state index contributed by atoms with van der Waals surface area (Å²) in [4.78, 5) is 27.8. The van der Waals surface area contributed by atoms with Crippen LogP contribution in [0.25, 0.3) is 0 Å². The van der Waals surface area contributed by atoms with Gasteiger partial charge in [0.15, 0.2) is 0 Å². The number of amides is 2. The second-order valence-electron chi connectivity index (χ2n) is 9.17. The highest BCUT2D eigenvalue weighted by Crippen LogP contribution is 2.26. The second kappa shape index (κ2) is 12.9. The standard InChI is InChI=1S/C28H32BrN3O5S/c1-20(2)30-28(34)21(3)31(18-22-10-12-23(29)13-11-22)27(33)19-32(38(4,35)36)24-14-16-26(17-15-24)37-25-8-6-5-7-9-25/h5-17,20-21H,18-19H2,1-4H3,(H,30,34)/t21-/m0/s1. The monoisotopic (exact) mass is 601 g/mol. The van der Waals surface area contributed by atoms with Crippen LogP contribution < -0.4 is 14.4 Å². The Labute approximate surface area is 232 Å². The minimum absolute atomic E-state index is 0.112. The molecule has 0 spiro atoms. The number of carbonyl (C=O) groups is 2. The minimum atomic E-state index is -3.82. The molecule has 0 heterocycles. The molecule has 0 fully saturated rings. The molecule has 0 unspecified atom stereocenters. The maximum atomic E-state index is 13.6. The van der Waals surface area contributed by atoms with Gasteiger partial charge in [0.05, 0.1) is 11.9 Å². The van der Waals surface area contributed by atoms with Crippen LogP contribution in [0.2, 0.25) is 0 Å². The van der Waals surface area contributed by atoms with Gasteiger partial charge in [-0.25, -0.2) is 8.42 Å². The number of rotatable bonds is 11. The summed E-state index contributed by atoms with van der Waals surface area (Å²) in [6.45, 7) is 4.98. The number of sulfonamides is 1. The van der Waals surface area contributed by atoms with E-state index in [2.05, 4.69) is 21.2 Å². The Morgan fingerprint density at radius 3 is 2.03 bits per heavy atom. The van der Waals surface area contributed by atoms with E-state index in [1.165, 1.54) is 4.90 Å². The fourth-order valence-corrected chi connectivity index (χ4v) is 4.81. The Kier molecular flexibility index (Phi) is 9.93. The Hall–Kier alpha value is -3.37. The van der Waals surface area contributed by atoms with E-state index < -0.39 is 28.5 Å². The van der Waals surface area contributed by atoms with E-state index >= 15 is 0 Å². The summed E-state index contributed by atoms with van der Waals surface area (Å²) in [7, 11) is -3.82. The van der Waals surface area contributed by atoms with Crippen LogP contribution in [0.5, 0.6) is 11.5 Å². The molecule has 38 heavy (non-hydrogen) atoms. The molecule has 0 saturated carbocycles. The molecular weight excluding hydrogens is 570 g/mol. The van der Waals surface area contributed by atoms with Crippen LogP contribution in [-0.4, -0.2) is 50.0 Å². The summed E-state index contributed by atoms with van der Waals surface area (Å²) < 4.78 is 33.2. The van der Waals surface area contributed by atoms with Crippen LogP contribution in [0.1, 0.15) is 26.3 Å². The quantitative estimate of drug-likeness (QED) is 0.335. The first-order valence-electron chi connectivity index (χ1n) is 12.1. The lowest BCUT2D eigenvalue weighted by atomic mass is 10.1. The molecule has 3 aromatic carbocycles. The summed E-state index contributed by atoms with van der Waals surface area (Å²) in [5.41, 5.74) is 1.11. The number of nitrogens with zero attached hydrogens (tertiary/aromatic N) is 2. The average Bonchev–Trinajstić information content (AvgIpc) is 2.86. The van der Waals surface area contributed by atoms with Gasteiger partial charge in [-0.05, 0) is 74.9 Å². The van der Waals surface area contributed by atoms with Crippen LogP contribution in [0.4, 0.5) is 5.69 Å². The molecule has 0 aliphatic heterocycles. The molecule has 2 amide bonds. The van der Waals surface area contributed by atoms with E-state index in [1.807, 2.05) is 68.4 Å². The summed E-state index contributed by atoms with van der Waals surface area (Å²) >= 11 is 3.40. The Morgan fingerprint density at radius 1 is 0.895 bits per heavy atom. The van der Waals surface area contributed by atoms with Crippen molar-refractivity contribution in [2.24, 2.45) is 0 Å². The normalized spacial score (nSPS) is 12.1. The van der Waals surface area contributed by atoms with Gasteiger partial charge in [-0.2, -0.15) is 0 Å². The first-order valence-corrected chi connectivity index (χ1v) is 14.7. The smallest absolute Gasteiger partial charge is 0.244 e. The molecule has 0 aromatic heterocycles. The van der Waals surface area contributed by atoms with Crippen molar-refractivity contribution in [3.63, 3.8) is 0 Å².